The second-order valence-electron chi connectivity index (χ2n) is 4.71. The van der Waals surface area contributed by atoms with Crippen molar-refractivity contribution in [2.24, 2.45) is 0 Å². The van der Waals surface area contributed by atoms with Crippen molar-refractivity contribution in [1.29, 1.82) is 0 Å². The summed E-state index contributed by atoms with van der Waals surface area (Å²) in [5, 5.41) is 4.29. The van der Waals surface area contributed by atoms with E-state index in [0.29, 0.717) is 0 Å². The summed E-state index contributed by atoms with van der Waals surface area (Å²) in [6, 6.07) is 8.05. The van der Waals surface area contributed by atoms with Crippen molar-refractivity contribution in [2.45, 2.75) is 53.5 Å². The third-order valence-corrected chi connectivity index (χ3v) is 3.55. The van der Waals surface area contributed by atoms with E-state index in [0.717, 1.165) is 18.1 Å². The fourth-order valence-corrected chi connectivity index (χ4v) is 2.38. The van der Waals surface area contributed by atoms with E-state index in [-0.39, 0.29) is 0 Å². The lowest BCUT2D eigenvalue weighted by molar-refractivity contribution is 0.229. The van der Waals surface area contributed by atoms with Gasteiger partial charge in [-0.15, -0.1) is 0 Å². The number of likely N-dealkylation sites (tertiary alicyclic amines) is 1. The minimum Gasteiger partial charge on any atom is -0.311 e. The molecule has 1 aromatic rings. The van der Waals surface area contributed by atoms with Crippen molar-refractivity contribution >= 4 is 11.6 Å². The Morgan fingerprint density at radius 2 is 1.52 bits per heavy atom. The summed E-state index contributed by atoms with van der Waals surface area (Å²) in [5.41, 5.74) is 1.30. The van der Waals surface area contributed by atoms with Crippen molar-refractivity contribution in [1.82, 2.24) is 10.2 Å². The fourth-order valence-electron chi connectivity index (χ4n) is 2.26. The summed E-state index contributed by atoms with van der Waals surface area (Å²) in [4.78, 5) is 2.55. The zero-order valence-corrected chi connectivity index (χ0v) is 15.0. The van der Waals surface area contributed by atoms with Crippen molar-refractivity contribution in [3.63, 3.8) is 0 Å². The lowest BCUT2D eigenvalue weighted by atomic mass is 10.1. The number of nitrogens with zero attached hydrogens (tertiary/aromatic N) is 1. The van der Waals surface area contributed by atoms with Gasteiger partial charge in [0.25, 0.3) is 0 Å². The van der Waals surface area contributed by atoms with Crippen molar-refractivity contribution in [2.75, 3.05) is 26.2 Å². The van der Waals surface area contributed by atoms with E-state index in [4.69, 9.17) is 11.6 Å². The Morgan fingerprint density at radius 3 is 2.10 bits per heavy atom. The average molecular weight is 313 g/mol. The van der Waals surface area contributed by atoms with E-state index < -0.39 is 0 Å². The van der Waals surface area contributed by atoms with Crippen LogP contribution >= 0.6 is 11.6 Å². The number of nitrogens with one attached hydrogen (secondary N) is 1. The van der Waals surface area contributed by atoms with Crippen LogP contribution in [-0.4, -0.2) is 31.1 Å². The highest BCUT2D eigenvalue weighted by molar-refractivity contribution is 6.30. The molecule has 0 aliphatic carbocycles. The third-order valence-electron chi connectivity index (χ3n) is 3.30. The number of hydrogen-bond acceptors (Lipinski definition) is 2. The number of benzene rings is 1. The van der Waals surface area contributed by atoms with Gasteiger partial charge in [-0.1, -0.05) is 57.8 Å². The fraction of sp³-hybridized carbons (Fsp3) is 0.667. The number of rotatable bonds is 5. The van der Waals surface area contributed by atoms with Crippen LogP contribution in [0, 0.1) is 0 Å². The highest BCUT2D eigenvalue weighted by Crippen LogP contribution is 2.09. The number of halogens is 1. The van der Waals surface area contributed by atoms with Gasteiger partial charge >= 0.3 is 0 Å². The van der Waals surface area contributed by atoms with Crippen LogP contribution in [0.3, 0.4) is 0 Å². The Morgan fingerprint density at radius 1 is 0.952 bits per heavy atom. The van der Waals surface area contributed by atoms with Crippen LogP contribution < -0.4 is 5.32 Å². The van der Waals surface area contributed by atoms with Crippen molar-refractivity contribution < 1.29 is 0 Å². The largest absolute Gasteiger partial charge is 0.311 e. The molecule has 21 heavy (non-hydrogen) atoms. The molecule has 1 aromatic carbocycles. The van der Waals surface area contributed by atoms with Crippen molar-refractivity contribution in [3.05, 3.63) is 34.9 Å². The smallest absolute Gasteiger partial charge is 0.0406 e. The van der Waals surface area contributed by atoms with Crippen LogP contribution in [0.15, 0.2) is 24.3 Å². The van der Waals surface area contributed by atoms with Gasteiger partial charge in [-0.3, -0.25) is 0 Å². The molecular weight excluding hydrogens is 280 g/mol. The van der Waals surface area contributed by atoms with Crippen LogP contribution in [0.1, 0.15) is 52.5 Å². The molecule has 0 atom stereocenters. The first-order valence-electron chi connectivity index (χ1n) is 8.52. The zero-order valence-electron chi connectivity index (χ0n) is 14.3. The molecule has 1 fully saturated rings. The van der Waals surface area contributed by atoms with Crippen LogP contribution in [-0.2, 0) is 6.54 Å². The maximum atomic E-state index is 5.85. The highest BCUT2D eigenvalue weighted by Gasteiger charge is 2.08. The SMILES string of the molecule is CC.CC.Clc1ccc(CNCCN2CCCCC2)cc1. The molecule has 1 aliphatic heterocycles. The van der Waals surface area contributed by atoms with Crippen LogP contribution in [0.4, 0.5) is 0 Å². The molecule has 0 amide bonds. The van der Waals surface area contributed by atoms with Gasteiger partial charge in [-0.2, -0.15) is 0 Å². The van der Waals surface area contributed by atoms with Crippen molar-refractivity contribution in [3.8, 4) is 0 Å². The molecule has 0 aromatic heterocycles. The standard InChI is InChI=1S/C14H21ClN2.2C2H6/c15-14-6-4-13(5-7-14)12-16-8-11-17-9-2-1-3-10-17;2*1-2/h4-7,16H,1-3,8-12H2;2*1-2H3. The zero-order chi connectivity index (χ0) is 15.9. The molecule has 122 valence electrons. The van der Waals surface area contributed by atoms with E-state index >= 15 is 0 Å². The Kier molecular flexibility index (Phi) is 14.0. The van der Waals surface area contributed by atoms with Gasteiger partial charge in [0.05, 0.1) is 0 Å². The Labute approximate surface area is 136 Å². The predicted octanol–water partition coefficient (Wildman–Crippen LogP) is 4.97. The van der Waals surface area contributed by atoms with Gasteiger partial charge in [-0.05, 0) is 43.6 Å². The van der Waals surface area contributed by atoms with E-state index in [2.05, 4.69) is 22.3 Å². The molecule has 0 bridgehead atoms. The maximum Gasteiger partial charge on any atom is 0.0406 e. The Bertz CT molecular complexity index is 318. The third kappa shape index (κ3) is 9.89. The summed E-state index contributed by atoms with van der Waals surface area (Å²) in [5.74, 6) is 0. The normalized spacial score (nSPS) is 14.5. The van der Waals surface area contributed by atoms with Gasteiger partial charge in [0.1, 0.15) is 0 Å². The molecule has 1 saturated heterocycles. The second-order valence-corrected chi connectivity index (χ2v) is 5.14. The lowest BCUT2D eigenvalue weighted by Gasteiger charge is -2.26. The van der Waals surface area contributed by atoms with Gasteiger partial charge in [0, 0.05) is 24.7 Å². The molecule has 1 aliphatic rings. The first-order chi connectivity index (χ1) is 10.3. The summed E-state index contributed by atoms with van der Waals surface area (Å²) >= 11 is 5.85. The predicted molar refractivity (Wildman–Crippen MR) is 96.1 cm³/mol. The minimum absolute atomic E-state index is 0.807. The highest BCUT2D eigenvalue weighted by atomic mass is 35.5. The summed E-state index contributed by atoms with van der Waals surface area (Å²) < 4.78 is 0. The number of piperidine rings is 1. The molecular formula is C18H33ClN2. The molecule has 1 N–H and O–H groups in total. The average Bonchev–Trinajstić information content (AvgIpc) is 2.58. The lowest BCUT2D eigenvalue weighted by Crippen LogP contribution is -2.35. The van der Waals surface area contributed by atoms with Gasteiger partial charge in [0.15, 0.2) is 0 Å². The summed E-state index contributed by atoms with van der Waals surface area (Å²) in [7, 11) is 0. The molecule has 2 nitrogen and oxygen atoms in total. The van der Waals surface area contributed by atoms with Gasteiger partial charge in [0.2, 0.25) is 0 Å². The molecule has 1 heterocycles. The topological polar surface area (TPSA) is 15.3 Å². The van der Waals surface area contributed by atoms with E-state index in [1.807, 2.05) is 39.8 Å². The minimum atomic E-state index is 0.807. The Balaban J connectivity index is 0.000000921. The monoisotopic (exact) mass is 312 g/mol. The van der Waals surface area contributed by atoms with Gasteiger partial charge in [-0.25, -0.2) is 0 Å². The number of hydrogen-bond donors (Lipinski definition) is 1. The molecule has 0 spiro atoms. The van der Waals surface area contributed by atoms with E-state index in [9.17, 15) is 0 Å². The quantitative estimate of drug-likeness (QED) is 0.772. The van der Waals surface area contributed by atoms with Crippen LogP contribution in [0.5, 0.6) is 0 Å². The Hall–Kier alpha value is -0.570. The van der Waals surface area contributed by atoms with Crippen LogP contribution in [0.2, 0.25) is 5.02 Å². The molecule has 0 radical (unpaired) electrons. The first kappa shape index (κ1) is 20.4. The second kappa shape index (κ2) is 14.4. The molecule has 2 rings (SSSR count). The van der Waals surface area contributed by atoms with Crippen LogP contribution in [0.25, 0.3) is 0 Å². The molecule has 0 unspecified atom stereocenters. The maximum absolute atomic E-state index is 5.85. The van der Waals surface area contributed by atoms with E-state index in [1.54, 1.807) is 0 Å². The summed E-state index contributed by atoms with van der Waals surface area (Å²) in [6.45, 7) is 13.7. The van der Waals surface area contributed by atoms with Gasteiger partial charge < -0.3 is 10.2 Å². The van der Waals surface area contributed by atoms with E-state index in [1.165, 1.54) is 44.5 Å². The first-order valence-corrected chi connectivity index (χ1v) is 8.90. The molecule has 0 saturated carbocycles. The summed E-state index contributed by atoms with van der Waals surface area (Å²) in [6.07, 6.45) is 4.16. The molecule has 3 heteroatoms.